The van der Waals surface area contributed by atoms with Crippen LogP contribution >= 0.6 is 11.6 Å². The van der Waals surface area contributed by atoms with Crippen molar-refractivity contribution in [2.75, 3.05) is 25.0 Å². The summed E-state index contributed by atoms with van der Waals surface area (Å²) in [5.41, 5.74) is 3.19. The van der Waals surface area contributed by atoms with Crippen molar-refractivity contribution in [1.82, 2.24) is 20.1 Å². The van der Waals surface area contributed by atoms with Crippen LogP contribution in [-0.2, 0) is 4.79 Å². The molecule has 1 aliphatic rings. The van der Waals surface area contributed by atoms with Gasteiger partial charge in [-0.1, -0.05) is 48.0 Å². The van der Waals surface area contributed by atoms with Gasteiger partial charge in [0.1, 0.15) is 0 Å². The molecule has 3 aromatic carbocycles. The summed E-state index contributed by atoms with van der Waals surface area (Å²) >= 11 is 5.99. The number of anilines is 1. The molecule has 0 spiro atoms. The summed E-state index contributed by atoms with van der Waals surface area (Å²) in [4.78, 5) is 35.4. The number of aliphatic imine (C=N–C) groups is 1. The monoisotopic (exact) mass is 569 g/mol. The molecular formula is C30H28ClN7O3. The number of guanidine groups is 1. The minimum atomic E-state index is -0.833. The number of aromatic nitrogens is 1. The standard InChI is InChI=1S/C28H24ClN7O.C2H4O2/c29-21-11-13-22(14-12-21)33-28(37)36-17-16-35(18-26(36)20-6-2-1-3-7-20)27(32-19-30)34-25-10-4-9-24-23(25)8-5-15-31-24;1-2(3)4/h1-15,26H,16-18H2,(H,32,34)(H,33,37);1H3,(H,3,4). The molecule has 41 heavy (non-hydrogen) atoms. The van der Waals surface area contributed by atoms with Crippen LogP contribution < -0.4 is 10.6 Å². The Bertz CT molecular complexity index is 1560. The number of piperazine rings is 1. The third-order valence-corrected chi connectivity index (χ3v) is 6.49. The number of fused-ring (bicyclic) bond motifs is 1. The van der Waals surface area contributed by atoms with E-state index in [2.05, 4.69) is 15.6 Å². The third kappa shape index (κ3) is 7.71. The van der Waals surface area contributed by atoms with Crippen LogP contribution in [0.3, 0.4) is 0 Å². The number of hydrogen-bond acceptors (Lipinski definition) is 5. The van der Waals surface area contributed by atoms with Crippen molar-refractivity contribution < 1.29 is 14.7 Å². The summed E-state index contributed by atoms with van der Waals surface area (Å²) in [5.74, 6) is -0.405. The van der Waals surface area contributed by atoms with Gasteiger partial charge < -0.3 is 20.2 Å². The van der Waals surface area contributed by atoms with Gasteiger partial charge in [-0.3, -0.25) is 15.1 Å². The summed E-state index contributed by atoms with van der Waals surface area (Å²) in [5, 5.41) is 24.1. The van der Waals surface area contributed by atoms with Crippen LogP contribution in [0.4, 0.5) is 16.2 Å². The molecular weight excluding hydrogens is 542 g/mol. The van der Waals surface area contributed by atoms with Crippen LogP contribution in [0.1, 0.15) is 18.5 Å². The second kappa shape index (κ2) is 13.8. The van der Waals surface area contributed by atoms with Crippen molar-refractivity contribution in [3.63, 3.8) is 0 Å². The maximum atomic E-state index is 13.3. The number of pyridine rings is 1. The fourth-order valence-electron chi connectivity index (χ4n) is 4.43. The van der Waals surface area contributed by atoms with Gasteiger partial charge in [-0.15, -0.1) is 0 Å². The molecule has 1 fully saturated rings. The lowest BCUT2D eigenvalue weighted by atomic mass is 10.0. The second-order valence-corrected chi connectivity index (χ2v) is 9.48. The van der Waals surface area contributed by atoms with Crippen LogP contribution in [0.5, 0.6) is 0 Å². The number of carbonyl (C=O) groups excluding carboxylic acids is 1. The Kier molecular flexibility index (Phi) is 9.70. The number of urea groups is 1. The number of carboxylic acids is 1. The highest BCUT2D eigenvalue weighted by Gasteiger charge is 2.33. The maximum absolute atomic E-state index is 13.3. The van der Waals surface area contributed by atoms with Gasteiger partial charge in [0.15, 0.2) is 6.19 Å². The van der Waals surface area contributed by atoms with E-state index in [0.29, 0.717) is 42.0 Å². The minimum absolute atomic E-state index is 0.206. The van der Waals surface area contributed by atoms with Crippen molar-refractivity contribution in [2.24, 2.45) is 4.99 Å². The van der Waals surface area contributed by atoms with Crippen molar-refractivity contribution in [1.29, 1.82) is 5.26 Å². The van der Waals surface area contributed by atoms with E-state index in [0.717, 1.165) is 23.4 Å². The number of benzene rings is 3. The van der Waals surface area contributed by atoms with Crippen LogP contribution in [0.15, 0.2) is 96.1 Å². The second-order valence-electron chi connectivity index (χ2n) is 9.04. The quantitative estimate of drug-likeness (QED) is 0.126. The normalized spacial score (nSPS) is 14.9. The van der Waals surface area contributed by atoms with Gasteiger partial charge in [-0.2, -0.15) is 5.26 Å². The summed E-state index contributed by atoms with van der Waals surface area (Å²) in [6.45, 7) is 2.46. The number of halogens is 1. The summed E-state index contributed by atoms with van der Waals surface area (Å²) in [6, 6.07) is 25.9. The molecule has 0 bridgehead atoms. The molecule has 11 heteroatoms. The van der Waals surface area contributed by atoms with Crippen LogP contribution in [0, 0.1) is 11.5 Å². The highest BCUT2D eigenvalue weighted by Crippen LogP contribution is 2.29. The zero-order valence-electron chi connectivity index (χ0n) is 22.2. The first-order chi connectivity index (χ1) is 19.9. The van der Waals surface area contributed by atoms with Crippen LogP contribution in [0.25, 0.3) is 10.9 Å². The van der Waals surface area contributed by atoms with Gasteiger partial charge in [0.25, 0.3) is 5.97 Å². The molecule has 2 amide bonds. The van der Waals surface area contributed by atoms with Crippen molar-refractivity contribution in [3.8, 4) is 6.19 Å². The van der Waals surface area contributed by atoms with Crippen LogP contribution in [0.2, 0.25) is 5.02 Å². The average Bonchev–Trinajstić information content (AvgIpc) is 2.98. The lowest BCUT2D eigenvalue weighted by Crippen LogP contribution is -2.55. The van der Waals surface area contributed by atoms with E-state index in [-0.39, 0.29) is 12.1 Å². The molecule has 3 N–H and O–H groups in total. The number of hydrogen-bond donors (Lipinski definition) is 3. The largest absolute Gasteiger partial charge is 0.481 e. The molecule has 0 radical (unpaired) electrons. The Morgan fingerprint density at radius 3 is 2.46 bits per heavy atom. The van der Waals surface area contributed by atoms with Gasteiger partial charge in [-0.25, -0.2) is 9.79 Å². The molecule has 0 aliphatic carbocycles. The fourth-order valence-corrected chi connectivity index (χ4v) is 4.56. The molecule has 1 aliphatic heterocycles. The molecule has 10 nitrogen and oxygen atoms in total. The molecule has 5 rings (SSSR count). The van der Waals surface area contributed by atoms with Crippen molar-refractivity contribution in [2.45, 2.75) is 13.0 Å². The number of carbonyl (C=O) groups is 2. The molecule has 1 aromatic heterocycles. The first-order valence-corrected chi connectivity index (χ1v) is 13.1. The zero-order chi connectivity index (χ0) is 29.2. The number of amides is 2. The predicted octanol–water partition coefficient (Wildman–Crippen LogP) is 5.63. The molecule has 208 valence electrons. The Hall–Kier alpha value is -5.14. The lowest BCUT2D eigenvalue weighted by Gasteiger charge is -2.42. The SMILES string of the molecule is CC(=O)O.N#CNC(=Nc1cccc2ncccc12)N1CCN(C(=O)Nc2ccc(Cl)cc2)C(c2ccccc2)C1. The van der Waals surface area contributed by atoms with Gasteiger partial charge in [-0.05, 0) is 54.1 Å². The number of nitrogens with one attached hydrogen (secondary N) is 2. The molecule has 1 unspecified atom stereocenters. The Balaban J connectivity index is 0.000000909. The highest BCUT2D eigenvalue weighted by molar-refractivity contribution is 6.30. The van der Waals surface area contributed by atoms with Gasteiger partial charge in [0.05, 0.1) is 17.2 Å². The van der Waals surface area contributed by atoms with E-state index in [1.165, 1.54) is 0 Å². The predicted molar refractivity (Wildman–Crippen MR) is 159 cm³/mol. The summed E-state index contributed by atoms with van der Waals surface area (Å²) in [7, 11) is 0. The fraction of sp³-hybridized carbons (Fsp3) is 0.167. The average molecular weight is 570 g/mol. The first kappa shape index (κ1) is 28.9. The number of nitriles is 1. The number of rotatable bonds is 3. The highest BCUT2D eigenvalue weighted by atomic mass is 35.5. The number of aliphatic carboxylic acids is 1. The van der Waals surface area contributed by atoms with E-state index < -0.39 is 5.97 Å². The minimum Gasteiger partial charge on any atom is -0.481 e. The first-order valence-electron chi connectivity index (χ1n) is 12.8. The molecule has 4 aromatic rings. The van der Waals surface area contributed by atoms with E-state index in [1.54, 1.807) is 30.5 Å². The number of carboxylic acid groups (broad SMARTS) is 1. The van der Waals surface area contributed by atoms with Gasteiger partial charge in [0, 0.05) is 48.9 Å². The van der Waals surface area contributed by atoms with Gasteiger partial charge >= 0.3 is 6.03 Å². The summed E-state index contributed by atoms with van der Waals surface area (Å²) in [6.07, 6.45) is 3.76. The van der Waals surface area contributed by atoms with Crippen LogP contribution in [-0.4, -0.2) is 57.5 Å². The third-order valence-electron chi connectivity index (χ3n) is 6.24. The molecule has 0 saturated carbocycles. The molecule has 1 atom stereocenters. The van der Waals surface area contributed by atoms with E-state index >= 15 is 0 Å². The summed E-state index contributed by atoms with van der Waals surface area (Å²) < 4.78 is 0. The maximum Gasteiger partial charge on any atom is 0.322 e. The topological polar surface area (TPSA) is 134 Å². The van der Waals surface area contributed by atoms with Gasteiger partial charge in [0.2, 0.25) is 5.96 Å². The van der Waals surface area contributed by atoms with Crippen molar-refractivity contribution in [3.05, 3.63) is 102 Å². The van der Waals surface area contributed by atoms with E-state index in [1.807, 2.05) is 76.7 Å². The molecule has 2 heterocycles. The molecule has 1 saturated heterocycles. The Labute approximate surface area is 242 Å². The van der Waals surface area contributed by atoms with Crippen molar-refractivity contribution >= 4 is 51.8 Å². The smallest absolute Gasteiger partial charge is 0.322 e. The van der Waals surface area contributed by atoms with E-state index in [9.17, 15) is 10.1 Å². The Morgan fingerprint density at radius 1 is 1.02 bits per heavy atom. The zero-order valence-corrected chi connectivity index (χ0v) is 23.0. The van der Waals surface area contributed by atoms with E-state index in [4.69, 9.17) is 26.5 Å². The lowest BCUT2D eigenvalue weighted by molar-refractivity contribution is -0.134. The Morgan fingerprint density at radius 2 is 1.76 bits per heavy atom. The number of nitrogens with zero attached hydrogens (tertiary/aromatic N) is 5.